The molecule has 0 aromatic heterocycles. The third-order valence-corrected chi connectivity index (χ3v) is 10.4. The number of hydrogen-bond acceptors (Lipinski definition) is 15. The van der Waals surface area contributed by atoms with Crippen LogP contribution in [0.2, 0.25) is 0 Å². The highest BCUT2D eigenvalue weighted by atomic mass is 16.7. The van der Waals surface area contributed by atoms with E-state index in [1.165, 1.54) is 25.7 Å². The zero-order valence-electron chi connectivity index (χ0n) is 35.0. The molecule has 2 aliphatic heterocycles. The van der Waals surface area contributed by atoms with Crippen LogP contribution in [0, 0.1) is 0 Å². The summed E-state index contributed by atoms with van der Waals surface area (Å²) in [5, 5.41) is 71.7. The number of hydrogen-bond donors (Lipinski definition) is 7. The van der Waals surface area contributed by atoms with Gasteiger partial charge in [0.25, 0.3) is 0 Å². The van der Waals surface area contributed by atoms with Gasteiger partial charge in [0, 0.05) is 12.8 Å². The Morgan fingerprint density at radius 1 is 0.534 bits per heavy atom. The highest BCUT2D eigenvalue weighted by Crippen LogP contribution is 2.26. The van der Waals surface area contributed by atoms with Crippen molar-refractivity contribution < 1.29 is 73.8 Å². The first-order valence-electron chi connectivity index (χ1n) is 21.9. The first-order valence-corrected chi connectivity index (χ1v) is 21.9. The minimum absolute atomic E-state index is 0.153. The second-order valence-corrected chi connectivity index (χ2v) is 15.5. The summed E-state index contributed by atoms with van der Waals surface area (Å²) in [5.41, 5.74) is 0. The van der Waals surface area contributed by atoms with Crippen molar-refractivity contribution >= 4 is 11.9 Å². The molecule has 11 atom stereocenters. The molecule has 2 heterocycles. The molecule has 0 spiro atoms. The molecule has 0 saturated carbocycles. The van der Waals surface area contributed by atoms with Gasteiger partial charge in [0.2, 0.25) is 0 Å². The van der Waals surface area contributed by atoms with Gasteiger partial charge in [-0.05, 0) is 51.4 Å². The van der Waals surface area contributed by atoms with Crippen LogP contribution in [0.25, 0.3) is 0 Å². The predicted octanol–water partition coefficient (Wildman–Crippen LogP) is 4.04. The van der Waals surface area contributed by atoms with Gasteiger partial charge in [0.15, 0.2) is 18.7 Å². The summed E-state index contributed by atoms with van der Waals surface area (Å²) in [7, 11) is 0. The van der Waals surface area contributed by atoms with Gasteiger partial charge in [-0.3, -0.25) is 9.59 Å². The van der Waals surface area contributed by atoms with Crippen molar-refractivity contribution in [3.05, 3.63) is 24.3 Å². The summed E-state index contributed by atoms with van der Waals surface area (Å²) in [5.74, 6) is -0.951. The molecule has 2 aliphatic rings. The molecule has 2 rings (SSSR count). The largest absolute Gasteiger partial charge is 0.462 e. The molecule has 0 radical (unpaired) electrons. The van der Waals surface area contributed by atoms with Crippen molar-refractivity contribution in [3.8, 4) is 0 Å². The lowest BCUT2D eigenvalue weighted by atomic mass is 9.98. The van der Waals surface area contributed by atoms with E-state index in [4.69, 9.17) is 28.4 Å². The van der Waals surface area contributed by atoms with Crippen molar-refractivity contribution in [2.24, 2.45) is 0 Å². The molecule has 0 aromatic rings. The van der Waals surface area contributed by atoms with Crippen LogP contribution in [0.1, 0.15) is 142 Å². The Morgan fingerprint density at radius 3 is 1.52 bits per heavy atom. The Bertz CT molecular complexity index is 1120. The SMILES string of the molecule is CCCC/C=C\CCCCCCCC(=O)OCC(COC1OC(COC2OC(CO)C(O)C(O)C2O)C(O)C(O)C1O)OC(=O)CCCCCCC/C=C\CCCC. The molecule has 15 nitrogen and oxygen atoms in total. The van der Waals surface area contributed by atoms with E-state index in [1.807, 2.05) is 0 Å². The fraction of sp³-hybridized carbons (Fsp3) is 0.860. The van der Waals surface area contributed by atoms with Gasteiger partial charge in [-0.15, -0.1) is 0 Å². The highest BCUT2D eigenvalue weighted by Gasteiger charge is 2.47. The van der Waals surface area contributed by atoms with Gasteiger partial charge in [0.05, 0.1) is 19.8 Å². The monoisotopic (exact) mass is 833 g/mol. The molecule has 2 saturated heterocycles. The van der Waals surface area contributed by atoms with E-state index in [2.05, 4.69) is 38.2 Å². The summed E-state index contributed by atoms with van der Waals surface area (Å²) in [6.45, 7) is 2.46. The number of aliphatic hydroxyl groups is 7. The average molecular weight is 833 g/mol. The van der Waals surface area contributed by atoms with Crippen LogP contribution < -0.4 is 0 Å². The van der Waals surface area contributed by atoms with Gasteiger partial charge in [-0.25, -0.2) is 0 Å². The summed E-state index contributed by atoms with van der Waals surface area (Å²) in [6, 6.07) is 0. The molecule has 7 N–H and O–H groups in total. The first kappa shape index (κ1) is 52.1. The molecule has 0 aromatic carbocycles. The van der Waals surface area contributed by atoms with Crippen LogP contribution in [0.5, 0.6) is 0 Å². The third kappa shape index (κ3) is 21.0. The zero-order valence-corrected chi connectivity index (χ0v) is 35.0. The van der Waals surface area contributed by atoms with Gasteiger partial charge < -0.3 is 64.2 Å². The topological polar surface area (TPSA) is 231 Å². The number of carbonyl (C=O) groups excluding carboxylic acids is 2. The van der Waals surface area contributed by atoms with Crippen molar-refractivity contribution in [2.45, 2.75) is 210 Å². The Labute approximate surface area is 345 Å². The molecular formula is C43H76O15. The number of carbonyl (C=O) groups is 2. The maximum absolute atomic E-state index is 12.9. The van der Waals surface area contributed by atoms with Gasteiger partial charge in [-0.2, -0.15) is 0 Å². The smallest absolute Gasteiger partial charge is 0.306 e. The van der Waals surface area contributed by atoms with E-state index < -0.39 is 92.7 Å². The van der Waals surface area contributed by atoms with E-state index in [-0.39, 0.29) is 26.1 Å². The fourth-order valence-corrected chi connectivity index (χ4v) is 6.65. The zero-order chi connectivity index (χ0) is 42.5. The molecule has 0 aliphatic carbocycles. The minimum Gasteiger partial charge on any atom is -0.462 e. The van der Waals surface area contributed by atoms with Gasteiger partial charge in [0.1, 0.15) is 55.4 Å². The quantitative estimate of drug-likeness (QED) is 0.0288. The Morgan fingerprint density at radius 2 is 0.983 bits per heavy atom. The normalized spacial score (nSPS) is 28.3. The van der Waals surface area contributed by atoms with Crippen molar-refractivity contribution in [1.29, 1.82) is 0 Å². The van der Waals surface area contributed by atoms with E-state index in [1.54, 1.807) is 0 Å². The number of allylic oxidation sites excluding steroid dienone is 4. The Hall–Kier alpha value is -2.02. The first-order chi connectivity index (χ1) is 28.0. The lowest BCUT2D eigenvalue weighted by Gasteiger charge is -2.42. The molecular weight excluding hydrogens is 756 g/mol. The fourth-order valence-electron chi connectivity index (χ4n) is 6.65. The minimum atomic E-state index is -1.76. The summed E-state index contributed by atoms with van der Waals surface area (Å²) in [4.78, 5) is 25.5. The van der Waals surface area contributed by atoms with Crippen molar-refractivity contribution in [1.82, 2.24) is 0 Å². The molecule has 15 heteroatoms. The van der Waals surface area contributed by atoms with Gasteiger partial charge in [-0.1, -0.05) is 102 Å². The van der Waals surface area contributed by atoms with Crippen LogP contribution in [0.15, 0.2) is 24.3 Å². The van der Waals surface area contributed by atoms with Gasteiger partial charge >= 0.3 is 11.9 Å². The highest BCUT2D eigenvalue weighted by molar-refractivity contribution is 5.70. The molecule has 2 fully saturated rings. The second kappa shape index (κ2) is 31.8. The van der Waals surface area contributed by atoms with Crippen LogP contribution in [0.4, 0.5) is 0 Å². The maximum Gasteiger partial charge on any atom is 0.306 e. The van der Waals surface area contributed by atoms with Crippen LogP contribution in [-0.2, 0) is 38.0 Å². The number of unbranched alkanes of at least 4 members (excludes halogenated alkanes) is 14. The standard InChI is InChI=1S/C43H76O15/c1-3-5-7-9-11-13-15-17-19-21-23-25-34(45)53-28-31(56-35(46)26-24-22-20-18-16-14-12-10-8-6-4-2)29-54-42-41(52)39(50)37(48)33(58-42)30-55-43-40(51)38(49)36(47)32(27-44)57-43/h9-12,31-33,36-44,47-52H,3-8,13-30H2,1-2H3/b11-9-,12-10-. The lowest BCUT2D eigenvalue weighted by Crippen LogP contribution is -2.61. The van der Waals surface area contributed by atoms with E-state index >= 15 is 0 Å². The number of esters is 2. The molecule has 58 heavy (non-hydrogen) atoms. The Kier molecular flexibility index (Phi) is 28.6. The number of rotatable bonds is 32. The summed E-state index contributed by atoms with van der Waals surface area (Å²) in [6.07, 6.45) is 10.9. The van der Waals surface area contributed by atoms with Crippen LogP contribution in [0.3, 0.4) is 0 Å². The summed E-state index contributed by atoms with van der Waals surface area (Å²) < 4.78 is 33.4. The summed E-state index contributed by atoms with van der Waals surface area (Å²) >= 11 is 0. The van der Waals surface area contributed by atoms with Crippen LogP contribution >= 0.6 is 0 Å². The number of ether oxygens (including phenoxy) is 6. The molecule has 11 unspecified atom stereocenters. The van der Waals surface area contributed by atoms with Crippen LogP contribution in [-0.4, -0.2) is 142 Å². The molecule has 338 valence electrons. The molecule has 0 bridgehead atoms. The third-order valence-electron chi connectivity index (χ3n) is 10.4. The van der Waals surface area contributed by atoms with E-state index in [9.17, 15) is 45.3 Å². The Balaban J connectivity index is 1.88. The van der Waals surface area contributed by atoms with E-state index in [0.29, 0.717) is 12.8 Å². The van der Waals surface area contributed by atoms with Crippen molar-refractivity contribution in [2.75, 3.05) is 26.4 Å². The predicted molar refractivity (Wildman–Crippen MR) is 215 cm³/mol. The number of aliphatic hydroxyl groups excluding tert-OH is 7. The second-order valence-electron chi connectivity index (χ2n) is 15.5. The van der Waals surface area contributed by atoms with E-state index in [0.717, 1.165) is 77.0 Å². The van der Waals surface area contributed by atoms with Crippen molar-refractivity contribution in [3.63, 3.8) is 0 Å². The maximum atomic E-state index is 12.9. The average Bonchev–Trinajstić information content (AvgIpc) is 3.21. The molecule has 0 amide bonds. The lowest BCUT2D eigenvalue weighted by molar-refractivity contribution is -0.332.